The van der Waals surface area contributed by atoms with E-state index in [4.69, 9.17) is 4.12 Å². The van der Waals surface area contributed by atoms with Gasteiger partial charge in [0.25, 0.3) is 0 Å². The predicted molar refractivity (Wildman–Crippen MR) is 77.7 cm³/mol. The molecule has 1 fully saturated rings. The highest BCUT2D eigenvalue weighted by Gasteiger charge is 2.39. The Morgan fingerprint density at radius 2 is 1.88 bits per heavy atom. The Bertz CT molecular complexity index is 299. The zero-order chi connectivity index (χ0) is 12.6. The molecular formula is C14H26OSi2. The third-order valence-corrected chi connectivity index (χ3v) is 11.0. The van der Waals surface area contributed by atoms with Gasteiger partial charge in [0, 0.05) is 0 Å². The molecule has 2 aliphatic rings. The van der Waals surface area contributed by atoms with Crippen LogP contribution in [0.1, 0.15) is 33.6 Å². The van der Waals surface area contributed by atoms with E-state index in [2.05, 4.69) is 46.0 Å². The van der Waals surface area contributed by atoms with Crippen molar-refractivity contribution < 1.29 is 4.12 Å². The summed E-state index contributed by atoms with van der Waals surface area (Å²) in [5.41, 5.74) is 1.49. The van der Waals surface area contributed by atoms with Gasteiger partial charge in [-0.05, 0) is 54.8 Å². The standard InChI is InChI=1S/C14H26OSi2/c1-10(2)17(4,5)15-16-11(3)14-9-12-6-7-13(14)8-12/h6-7,10-14H,8-9H2,1-5H3. The molecule has 4 atom stereocenters. The van der Waals surface area contributed by atoms with Crippen LogP contribution in [0.3, 0.4) is 0 Å². The van der Waals surface area contributed by atoms with Crippen molar-refractivity contribution in [3.63, 3.8) is 0 Å². The largest absolute Gasteiger partial charge is 0.456 e. The Hall–Kier alpha value is 0.134. The van der Waals surface area contributed by atoms with Crippen LogP contribution in [0.5, 0.6) is 0 Å². The molecule has 3 heteroatoms. The molecule has 2 radical (unpaired) electrons. The fourth-order valence-corrected chi connectivity index (χ4v) is 6.31. The third kappa shape index (κ3) is 2.94. The van der Waals surface area contributed by atoms with Crippen LogP contribution in [0, 0.1) is 17.8 Å². The highest BCUT2D eigenvalue weighted by atomic mass is 28.4. The van der Waals surface area contributed by atoms with Crippen LogP contribution < -0.4 is 0 Å². The lowest BCUT2D eigenvalue weighted by atomic mass is 9.91. The maximum absolute atomic E-state index is 6.32. The summed E-state index contributed by atoms with van der Waals surface area (Å²) in [6.07, 6.45) is 7.74. The molecule has 4 unspecified atom stereocenters. The summed E-state index contributed by atoms with van der Waals surface area (Å²) < 4.78 is 6.32. The molecule has 0 N–H and O–H groups in total. The summed E-state index contributed by atoms with van der Waals surface area (Å²) in [4.78, 5) is 0. The summed E-state index contributed by atoms with van der Waals surface area (Å²) in [5.74, 6) is 2.67. The molecule has 0 aromatic carbocycles. The van der Waals surface area contributed by atoms with Crippen molar-refractivity contribution in [2.75, 3.05) is 0 Å². The van der Waals surface area contributed by atoms with Crippen molar-refractivity contribution in [2.45, 2.75) is 57.8 Å². The minimum absolute atomic E-state index is 0.722. The van der Waals surface area contributed by atoms with Crippen LogP contribution in [0.15, 0.2) is 12.2 Å². The molecule has 2 bridgehead atoms. The van der Waals surface area contributed by atoms with Gasteiger partial charge in [0.1, 0.15) is 0 Å². The van der Waals surface area contributed by atoms with Gasteiger partial charge in [0.2, 0.25) is 9.76 Å². The number of hydrogen-bond acceptors (Lipinski definition) is 1. The number of allylic oxidation sites excluding steroid dienone is 2. The smallest absolute Gasteiger partial charge is 0.218 e. The Labute approximate surface area is 110 Å². The van der Waals surface area contributed by atoms with Gasteiger partial charge in [0.15, 0.2) is 8.32 Å². The molecule has 0 aliphatic heterocycles. The van der Waals surface area contributed by atoms with Gasteiger partial charge in [-0.15, -0.1) is 0 Å². The molecule has 96 valence electrons. The van der Waals surface area contributed by atoms with E-state index in [0.717, 1.165) is 38.6 Å². The first-order valence-electron chi connectivity index (χ1n) is 7.02. The summed E-state index contributed by atoms with van der Waals surface area (Å²) in [6, 6.07) is 0. The Morgan fingerprint density at radius 3 is 2.35 bits per heavy atom. The van der Waals surface area contributed by atoms with E-state index < -0.39 is 8.32 Å². The second kappa shape index (κ2) is 5.02. The van der Waals surface area contributed by atoms with Crippen molar-refractivity contribution in [1.29, 1.82) is 0 Å². The van der Waals surface area contributed by atoms with Gasteiger partial charge in [0.05, 0.1) is 0 Å². The van der Waals surface area contributed by atoms with Gasteiger partial charge in [-0.2, -0.15) is 0 Å². The summed E-state index contributed by atoms with van der Waals surface area (Å²) >= 11 is 0. The zero-order valence-electron chi connectivity index (χ0n) is 11.9. The van der Waals surface area contributed by atoms with Gasteiger partial charge in [-0.25, -0.2) is 0 Å². The lowest BCUT2D eigenvalue weighted by Gasteiger charge is -2.31. The number of rotatable bonds is 5. The normalized spacial score (nSPS) is 33.6. The molecule has 0 spiro atoms. The molecule has 2 rings (SSSR count). The first kappa shape index (κ1) is 13.6. The maximum atomic E-state index is 6.32. The average molecular weight is 267 g/mol. The lowest BCUT2D eigenvalue weighted by molar-refractivity contribution is 0.409. The Kier molecular flexibility index (Phi) is 4.00. The molecular weight excluding hydrogens is 240 g/mol. The minimum atomic E-state index is -1.42. The average Bonchev–Trinajstić information content (AvgIpc) is 2.87. The van der Waals surface area contributed by atoms with E-state index in [0.29, 0.717) is 0 Å². The molecule has 0 amide bonds. The quantitative estimate of drug-likeness (QED) is 0.534. The van der Waals surface area contributed by atoms with Crippen molar-refractivity contribution in [2.24, 2.45) is 17.8 Å². The molecule has 0 heterocycles. The second-order valence-electron chi connectivity index (χ2n) is 6.71. The van der Waals surface area contributed by atoms with Crippen molar-refractivity contribution >= 4 is 18.1 Å². The van der Waals surface area contributed by atoms with Gasteiger partial charge in [-0.3, -0.25) is 0 Å². The molecule has 0 aromatic heterocycles. The van der Waals surface area contributed by atoms with E-state index in [1.165, 1.54) is 12.8 Å². The lowest BCUT2D eigenvalue weighted by Crippen LogP contribution is -2.37. The van der Waals surface area contributed by atoms with Crippen LogP contribution in [0.25, 0.3) is 0 Å². The summed E-state index contributed by atoms with van der Waals surface area (Å²) in [7, 11) is -0.700. The van der Waals surface area contributed by atoms with Crippen molar-refractivity contribution in [3.8, 4) is 0 Å². The van der Waals surface area contributed by atoms with Gasteiger partial charge < -0.3 is 4.12 Å². The summed E-state index contributed by atoms with van der Waals surface area (Å²) in [6.45, 7) is 11.7. The fourth-order valence-electron chi connectivity index (χ4n) is 2.85. The SMILES string of the molecule is CC([Si]O[Si](C)(C)C(C)C)C1CC2C=CC1C2. The zero-order valence-corrected chi connectivity index (χ0v) is 13.9. The van der Waals surface area contributed by atoms with Crippen LogP contribution in [0.4, 0.5) is 0 Å². The second-order valence-corrected chi connectivity index (χ2v) is 13.0. The topological polar surface area (TPSA) is 9.23 Å². The number of hydrogen-bond donors (Lipinski definition) is 0. The Balaban J connectivity index is 1.82. The molecule has 1 saturated carbocycles. The van der Waals surface area contributed by atoms with Crippen LogP contribution in [-0.4, -0.2) is 18.1 Å². The van der Waals surface area contributed by atoms with E-state index in [-0.39, 0.29) is 0 Å². The fraction of sp³-hybridized carbons (Fsp3) is 0.857. The summed E-state index contributed by atoms with van der Waals surface area (Å²) in [5, 5.41) is 0. The Morgan fingerprint density at radius 1 is 1.18 bits per heavy atom. The monoisotopic (exact) mass is 266 g/mol. The molecule has 2 aliphatic carbocycles. The van der Waals surface area contributed by atoms with Crippen LogP contribution in [0.2, 0.25) is 24.2 Å². The van der Waals surface area contributed by atoms with Gasteiger partial charge >= 0.3 is 0 Å². The van der Waals surface area contributed by atoms with E-state index in [9.17, 15) is 0 Å². The predicted octanol–water partition coefficient (Wildman–Crippen LogP) is 4.26. The molecule has 17 heavy (non-hydrogen) atoms. The molecule has 1 nitrogen and oxygen atoms in total. The first-order chi connectivity index (χ1) is 7.90. The molecule has 0 aromatic rings. The molecule has 0 saturated heterocycles. The van der Waals surface area contributed by atoms with E-state index in [1.807, 2.05) is 0 Å². The van der Waals surface area contributed by atoms with E-state index >= 15 is 0 Å². The highest BCUT2D eigenvalue weighted by molar-refractivity contribution is 6.76. The third-order valence-electron chi connectivity index (χ3n) is 4.87. The van der Waals surface area contributed by atoms with Crippen molar-refractivity contribution in [1.82, 2.24) is 0 Å². The van der Waals surface area contributed by atoms with Crippen LogP contribution >= 0.6 is 0 Å². The minimum Gasteiger partial charge on any atom is -0.456 e. The highest BCUT2D eigenvalue weighted by Crippen LogP contribution is 2.48. The first-order valence-corrected chi connectivity index (χ1v) is 11.0. The maximum Gasteiger partial charge on any atom is 0.218 e. The van der Waals surface area contributed by atoms with E-state index in [1.54, 1.807) is 0 Å². The van der Waals surface area contributed by atoms with Crippen molar-refractivity contribution in [3.05, 3.63) is 12.2 Å². The number of fused-ring (bicyclic) bond motifs is 2. The van der Waals surface area contributed by atoms with Gasteiger partial charge in [-0.1, -0.05) is 32.9 Å². The van der Waals surface area contributed by atoms with Crippen LogP contribution in [-0.2, 0) is 4.12 Å².